The van der Waals surface area contributed by atoms with Crippen LogP contribution in [-0.4, -0.2) is 54.5 Å². The van der Waals surface area contributed by atoms with Gasteiger partial charge in [0.25, 0.3) is 11.6 Å². The van der Waals surface area contributed by atoms with Gasteiger partial charge in [0.1, 0.15) is 11.6 Å². The normalized spacial score (nSPS) is 15.2. The van der Waals surface area contributed by atoms with Crippen molar-refractivity contribution < 1.29 is 33.5 Å². The van der Waals surface area contributed by atoms with Gasteiger partial charge in [-0.3, -0.25) is 14.9 Å². The molecule has 32 heavy (non-hydrogen) atoms. The number of rotatable bonds is 6. The average Bonchev–Trinajstić information content (AvgIpc) is 3.19. The van der Waals surface area contributed by atoms with Crippen LogP contribution in [0.25, 0.3) is 0 Å². The highest BCUT2D eigenvalue weighted by molar-refractivity contribution is 6.02. The zero-order valence-corrected chi connectivity index (χ0v) is 17.4. The Kier molecular flexibility index (Phi) is 6.53. The van der Waals surface area contributed by atoms with Crippen molar-refractivity contribution in [2.75, 3.05) is 20.8 Å². The Labute approximate surface area is 183 Å². The van der Waals surface area contributed by atoms with E-state index in [0.29, 0.717) is 5.57 Å². The van der Waals surface area contributed by atoms with Crippen LogP contribution in [0.1, 0.15) is 27.1 Å². The van der Waals surface area contributed by atoms with Crippen LogP contribution in [0.5, 0.6) is 11.5 Å². The maximum Gasteiger partial charge on any atom is 0.343 e. The molecule has 0 N–H and O–H groups in total. The number of carbonyl (C=O) groups is 3. The summed E-state index contributed by atoms with van der Waals surface area (Å²) < 4.78 is 15.2. The Hall–Kier alpha value is -4.21. The zero-order chi connectivity index (χ0) is 23.4. The van der Waals surface area contributed by atoms with Crippen LogP contribution in [0, 0.1) is 10.1 Å². The molecule has 1 atom stereocenters. The fourth-order valence-corrected chi connectivity index (χ4v) is 3.36. The van der Waals surface area contributed by atoms with Gasteiger partial charge in [0.2, 0.25) is 0 Å². The summed E-state index contributed by atoms with van der Waals surface area (Å²) in [7, 11) is 2.46. The number of nitro benzene ring substituents is 1. The largest absolute Gasteiger partial charge is 0.493 e. The van der Waals surface area contributed by atoms with E-state index in [-0.39, 0.29) is 35.6 Å². The van der Waals surface area contributed by atoms with Crippen LogP contribution in [0.4, 0.5) is 5.69 Å². The van der Waals surface area contributed by atoms with Crippen LogP contribution in [0.15, 0.2) is 54.6 Å². The lowest BCUT2D eigenvalue weighted by molar-refractivity contribution is -0.385. The molecule has 1 aliphatic heterocycles. The predicted molar refractivity (Wildman–Crippen MR) is 112 cm³/mol. The van der Waals surface area contributed by atoms with E-state index >= 15 is 0 Å². The first-order chi connectivity index (χ1) is 15.3. The smallest absolute Gasteiger partial charge is 0.343 e. The number of hydrogen-bond acceptors (Lipinski definition) is 8. The van der Waals surface area contributed by atoms with E-state index in [9.17, 15) is 24.5 Å². The number of benzene rings is 2. The molecule has 0 aliphatic carbocycles. The molecule has 10 heteroatoms. The SMILES string of the molecule is C=C1C[C@@H](C(=O)OC)N(C(=O)c2cc(OC)c(OC(=O)c3ccccc3)cc2[N+](=O)[O-])C1. The van der Waals surface area contributed by atoms with Crippen molar-refractivity contribution in [3.63, 3.8) is 0 Å². The summed E-state index contributed by atoms with van der Waals surface area (Å²) in [6, 6.07) is 9.16. The topological polar surface area (TPSA) is 125 Å². The Morgan fingerprint density at radius 1 is 1.12 bits per heavy atom. The molecule has 2 aromatic rings. The first-order valence-corrected chi connectivity index (χ1v) is 9.46. The third kappa shape index (κ3) is 4.43. The Morgan fingerprint density at radius 2 is 1.81 bits per heavy atom. The summed E-state index contributed by atoms with van der Waals surface area (Å²) in [4.78, 5) is 49.8. The molecule has 1 aliphatic rings. The molecule has 0 bridgehead atoms. The van der Waals surface area contributed by atoms with Gasteiger partial charge in [-0.25, -0.2) is 9.59 Å². The van der Waals surface area contributed by atoms with E-state index in [1.165, 1.54) is 26.4 Å². The molecule has 1 fully saturated rings. The highest BCUT2D eigenvalue weighted by Crippen LogP contribution is 2.37. The van der Waals surface area contributed by atoms with Crippen LogP contribution >= 0.6 is 0 Å². The molecule has 0 radical (unpaired) electrons. The highest BCUT2D eigenvalue weighted by atomic mass is 16.6. The predicted octanol–water partition coefficient (Wildman–Crippen LogP) is 2.77. The van der Waals surface area contributed by atoms with Gasteiger partial charge in [-0.1, -0.05) is 30.4 Å². The van der Waals surface area contributed by atoms with E-state index < -0.39 is 34.5 Å². The second-order valence-electron chi connectivity index (χ2n) is 6.96. The minimum Gasteiger partial charge on any atom is -0.493 e. The number of ether oxygens (including phenoxy) is 3. The van der Waals surface area contributed by atoms with Gasteiger partial charge in [-0.15, -0.1) is 0 Å². The van der Waals surface area contributed by atoms with E-state index in [2.05, 4.69) is 6.58 Å². The summed E-state index contributed by atoms with van der Waals surface area (Å²) in [5.74, 6) is -2.46. The van der Waals surface area contributed by atoms with Crippen molar-refractivity contribution in [3.8, 4) is 11.5 Å². The molecule has 0 spiro atoms. The molecule has 166 valence electrons. The quantitative estimate of drug-likeness (QED) is 0.221. The lowest BCUT2D eigenvalue weighted by Crippen LogP contribution is -2.41. The minimum atomic E-state index is -0.943. The summed E-state index contributed by atoms with van der Waals surface area (Å²) in [6.07, 6.45) is 0.191. The van der Waals surface area contributed by atoms with Gasteiger partial charge in [-0.05, 0) is 12.1 Å². The van der Waals surface area contributed by atoms with Crippen molar-refractivity contribution >= 4 is 23.5 Å². The Bertz CT molecular complexity index is 1100. The Balaban J connectivity index is 2.00. The van der Waals surface area contributed by atoms with Crippen molar-refractivity contribution in [3.05, 3.63) is 75.9 Å². The highest BCUT2D eigenvalue weighted by Gasteiger charge is 2.39. The monoisotopic (exact) mass is 440 g/mol. The van der Waals surface area contributed by atoms with Gasteiger partial charge in [0.15, 0.2) is 11.5 Å². The van der Waals surface area contributed by atoms with E-state index in [1.807, 2.05) is 0 Å². The lowest BCUT2D eigenvalue weighted by atomic mass is 10.1. The number of carbonyl (C=O) groups excluding carboxylic acids is 3. The molecule has 1 heterocycles. The van der Waals surface area contributed by atoms with Gasteiger partial charge in [0.05, 0.1) is 30.8 Å². The molecule has 3 rings (SSSR count). The summed E-state index contributed by atoms with van der Waals surface area (Å²) >= 11 is 0. The molecule has 1 amide bonds. The summed E-state index contributed by atoms with van der Waals surface area (Å²) in [5.41, 5.74) is -0.0895. The van der Waals surface area contributed by atoms with Gasteiger partial charge >= 0.3 is 11.9 Å². The number of methoxy groups -OCH3 is 2. The molecular formula is C22H20N2O8. The molecule has 0 aromatic heterocycles. The van der Waals surface area contributed by atoms with Gasteiger partial charge in [0, 0.05) is 19.0 Å². The van der Waals surface area contributed by atoms with E-state index in [0.717, 1.165) is 17.0 Å². The maximum atomic E-state index is 13.2. The van der Waals surface area contributed by atoms with Gasteiger partial charge in [-0.2, -0.15) is 0 Å². The third-order valence-corrected chi connectivity index (χ3v) is 4.91. The number of esters is 2. The molecule has 0 unspecified atom stereocenters. The van der Waals surface area contributed by atoms with Crippen molar-refractivity contribution in [1.82, 2.24) is 4.90 Å². The Morgan fingerprint density at radius 3 is 2.41 bits per heavy atom. The third-order valence-electron chi connectivity index (χ3n) is 4.91. The minimum absolute atomic E-state index is 0.0445. The van der Waals surface area contributed by atoms with E-state index in [1.54, 1.807) is 18.2 Å². The summed E-state index contributed by atoms with van der Waals surface area (Å²) in [5, 5.41) is 11.7. The molecular weight excluding hydrogens is 420 g/mol. The summed E-state index contributed by atoms with van der Waals surface area (Å²) in [6.45, 7) is 3.84. The fraction of sp³-hybridized carbons (Fsp3) is 0.227. The lowest BCUT2D eigenvalue weighted by Gasteiger charge is -2.22. The number of nitro groups is 1. The fourth-order valence-electron chi connectivity index (χ4n) is 3.36. The number of likely N-dealkylation sites (tertiary alicyclic amines) is 1. The number of amides is 1. The van der Waals surface area contributed by atoms with Crippen molar-refractivity contribution in [1.29, 1.82) is 0 Å². The molecule has 2 aromatic carbocycles. The number of hydrogen-bond donors (Lipinski definition) is 0. The number of nitrogens with zero attached hydrogens (tertiary/aromatic N) is 2. The average molecular weight is 440 g/mol. The van der Waals surface area contributed by atoms with Crippen molar-refractivity contribution in [2.24, 2.45) is 0 Å². The molecule has 1 saturated heterocycles. The molecule has 0 saturated carbocycles. The first kappa shape index (κ1) is 22.5. The van der Waals surface area contributed by atoms with Crippen LogP contribution in [-0.2, 0) is 9.53 Å². The zero-order valence-electron chi connectivity index (χ0n) is 17.4. The first-order valence-electron chi connectivity index (χ1n) is 9.46. The maximum absolute atomic E-state index is 13.2. The second-order valence-corrected chi connectivity index (χ2v) is 6.96. The second kappa shape index (κ2) is 9.29. The van der Waals surface area contributed by atoms with E-state index in [4.69, 9.17) is 14.2 Å². The molecule has 10 nitrogen and oxygen atoms in total. The van der Waals surface area contributed by atoms with Crippen LogP contribution < -0.4 is 9.47 Å². The van der Waals surface area contributed by atoms with Crippen LogP contribution in [0.2, 0.25) is 0 Å². The van der Waals surface area contributed by atoms with Crippen molar-refractivity contribution in [2.45, 2.75) is 12.5 Å². The van der Waals surface area contributed by atoms with Gasteiger partial charge < -0.3 is 19.1 Å². The van der Waals surface area contributed by atoms with Crippen LogP contribution in [0.3, 0.4) is 0 Å². The standard InChI is InChI=1S/C22H20N2O8/c1-13-9-17(22(27)31-3)23(12-13)20(25)15-10-18(30-2)19(11-16(15)24(28)29)32-21(26)14-7-5-4-6-8-14/h4-8,10-11,17H,1,9,12H2,2-3H3/t17-/m0/s1.